The van der Waals surface area contributed by atoms with Crippen LogP contribution in [0, 0.1) is 5.92 Å². The number of hydrogen-bond acceptors (Lipinski definition) is 4. The lowest BCUT2D eigenvalue weighted by Crippen LogP contribution is -2.40. The maximum absolute atomic E-state index is 2.59. The Morgan fingerprint density at radius 1 is 0.293 bits per heavy atom. The first-order valence-electron chi connectivity index (χ1n) is 43.1. The summed E-state index contributed by atoms with van der Waals surface area (Å²) in [5.41, 5.74) is 38.2. The van der Waals surface area contributed by atoms with E-state index in [0.717, 1.165) is 86.4 Å². The van der Waals surface area contributed by atoms with E-state index >= 15 is 0 Å². The number of para-hydroxylation sites is 5. The number of nitrogens with zero attached hydrogens (tertiary/aromatic N) is 6. The first-order chi connectivity index (χ1) is 60.8. The second-order valence-corrected chi connectivity index (χ2v) is 33.7. The summed E-state index contributed by atoms with van der Waals surface area (Å²) in [5.74, 6) is 0.380. The Morgan fingerprint density at radius 2 is 0.724 bits per heavy atom. The van der Waals surface area contributed by atoms with Crippen molar-refractivity contribution in [3.8, 4) is 61.3 Å². The zero-order valence-electron chi connectivity index (χ0n) is 68.3. The Kier molecular flexibility index (Phi) is 16.7. The molecule has 6 nitrogen and oxygen atoms in total. The molecule has 0 saturated carbocycles. The topological polar surface area (TPSA) is 22.8 Å². The van der Waals surface area contributed by atoms with Crippen LogP contribution in [0.1, 0.15) is 54.5 Å². The van der Waals surface area contributed by atoms with E-state index in [1.165, 1.54) is 133 Å². The van der Waals surface area contributed by atoms with E-state index in [4.69, 9.17) is 0 Å². The molecule has 5 aliphatic rings. The highest BCUT2D eigenvalue weighted by Crippen LogP contribution is 2.65. The lowest BCUT2D eigenvalue weighted by Gasteiger charge is -2.39. The monoisotopic (exact) mass is 1570 g/mol. The van der Waals surface area contributed by atoms with Gasteiger partial charge in [0, 0.05) is 95.4 Å². The van der Waals surface area contributed by atoms with Gasteiger partial charge in [-0.05, 0) is 279 Å². The van der Waals surface area contributed by atoms with Gasteiger partial charge in [0.05, 0.1) is 38.7 Å². The Morgan fingerprint density at radius 3 is 1.33 bits per heavy atom. The quantitative estimate of drug-likeness (QED) is 0.102. The lowest BCUT2D eigenvalue weighted by atomic mass is 9.70. The zero-order valence-corrected chi connectivity index (χ0v) is 68.3. The minimum absolute atomic E-state index is 0.257. The summed E-state index contributed by atoms with van der Waals surface area (Å²) in [6.07, 6.45) is 16.0. The molecule has 1 spiro atoms. The van der Waals surface area contributed by atoms with Crippen LogP contribution in [0.25, 0.3) is 116 Å². The fourth-order valence-corrected chi connectivity index (χ4v) is 21.2. The average Bonchev–Trinajstić information content (AvgIpc) is 1.50. The molecular formula is C117H84N6. The van der Waals surface area contributed by atoms with Crippen LogP contribution in [0.4, 0.5) is 62.6 Å². The second-order valence-electron chi connectivity index (χ2n) is 33.7. The molecule has 0 radical (unpaired) electrons. The molecular weight excluding hydrogens is 1490 g/mol. The van der Waals surface area contributed by atoms with Crippen LogP contribution in [-0.2, 0) is 5.41 Å². The van der Waals surface area contributed by atoms with Crippen molar-refractivity contribution < 1.29 is 0 Å². The second kappa shape index (κ2) is 28.6. The van der Waals surface area contributed by atoms with Crippen molar-refractivity contribution in [2.75, 3.05) is 19.6 Å². The number of anilines is 11. The molecule has 582 valence electrons. The molecule has 19 aromatic rings. The minimum Gasteiger partial charge on any atom is -0.331 e. The summed E-state index contributed by atoms with van der Waals surface area (Å²) in [7, 11) is 0. The van der Waals surface area contributed by atoms with E-state index in [0.29, 0.717) is 5.92 Å². The molecule has 2 unspecified atom stereocenters. The molecule has 0 saturated heterocycles. The SMILES string of the molecule is CC1C=C(n2c3ccc(N(c4ccccc4)c4ccc(-c5ccc(N(c6ccccc6)c6ccc7c(c6)c6ccccc6n7-c6ccccc6)cc5)cc4)cc3c3ccc(-c4ccc5c(c4)-c4ccc(N(c6ccc(-c7ccccc7)cc6)c6ccc7c(c6)N(c6ccccc6)C6(C)CC=CC=C76)cc4C54c5ccccc5-c5ccccc54)cc32)C=CC1. The van der Waals surface area contributed by atoms with Crippen LogP contribution >= 0.6 is 0 Å². The lowest BCUT2D eigenvalue weighted by molar-refractivity contribution is 0.607. The molecule has 2 aromatic heterocycles. The van der Waals surface area contributed by atoms with Crippen LogP contribution in [0.2, 0.25) is 0 Å². The number of hydrogen-bond donors (Lipinski definition) is 0. The maximum atomic E-state index is 2.59. The van der Waals surface area contributed by atoms with Gasteiger partial charge >= 0.3 is 0 Å². The molecule has 17 aromatic carbocycles. The molecule has 0 fully saturated rings. The standard InChI is InChI=1S/C117H84N6/c1-78-27-26-38-92(71-78)122-113-69-63-94(119(86-32-12-5-13-33-86)89-56-50-82(51-57-89)81-48-54-88(55-49-81)118(85-30-10-4-11-31-85)93-62-68-112-104(74-93)100-41-20-23-45-111(100)121(112)87-34-14-6-15-35-87)75-105(113)101-64-52-84(73-114(101)122)83-53-67-109-103(72-83)99-65-60-95(76-110(99)117(109)107-43-21-18-39-97(107)98-40-19-22-44-108(98)117)120(90-58-46-80(47-59-90)79-28-8-3-9-29-79)96-61-66-102-106-42-24-25-70-116(106,2)123(115(102)77-96)91-36-16-7-17-37-91/h3-26,28-69,71-78H,27,70H2,1-2H3. The zero-order chi connectivity index (χ0) is 81.4. The van der Waals surface area contributed by atoms with Crippen molar-refractivity contribution in [2.45, 2.75) is 37.6 Å². The van der Waals surface area contributed by atoms with Gasteiger partial charge in [-0.2, -0.15) is 0 Å². The Hall–Kier alpha value is -15.5. The molecule has 0 N–H and O–H groups in total. The first kappa shape index (κ1) is 71.6. The van der Waals surface area contributed by atoms with Gasteiger partial charge in [-0.15, -0.1) is 0 Å². The Balaban J connectivity index is 0.606. The molecule has 0 amide bonds. The van der Waals surface area contributed by atoms with Crippen LogP contribution in [0.5, 0.6) is 0 Å². The number of fused-ring (bicyclic) bond motifs is 19. The highest BCUT2D eigenvalue weighted by Gasteiger charge is 2.52. The Labute approximate surface area is 717 Å². The average molecular weight is 1570 g/mol. The number of allylic oxidation sites excluding steroid dienone is 6. The molecule has 3 heterocycles. The van der Waals surface area contributed by atoms with E-state index in [-0.39, 0.29) is 5.54 Å². The molecule has 6 heteroatoms. The summed E-state index contributed by atoms with van der Waals surface area (Å²) in [4.78, 5) is 9.87. The third kappa shape index (κ3) is 11.4. The molecule has 0 bridgehead atoms. The van der Waals surface area contributed by atoms with E-state index in [1.54, 1.807) is 0 Å². The smallest absolute Gasteiger partial charge is 0.0726 e. The van der Waals surface area contributed by atoms with Crippen molar-refractivity contribution >= 4 is 117 Å². The third-order valence-corrected chi connectivity index (χ3v) is 26.7. The molecule has 24 rings (SSSR count). The number of rotatable bonds is 15. The predicted octanol–water partition coefficient (Wildman–Crippen LogP) is 31.3. The van der Waals surface area contributed by atoms with Crippen molar-refractivity contribution in [3.05, 3.63) is 471 Å². The van der Waals surface area contributed by atoms with Gasteiger partial charge in [0.1, 0.15) is 0 Å². The summed E-state index contributed by atoms with van der Waals surface area (Å²) in [6.45, 7) is 4.74. The van der Waals surface area contributed by atoms with E-state index in [9.17, 15) is 0 Å². The van der Waals surface area contributed by atoms with E-state index < -0.39 is 5.41 Å². The van der Waals surface area contributed by atoms with Crippen LogP contribution in [-0.4, -0.2) is 14.7 Å². The summed E-state index contributed by atoms with van der Waals surface area (Å²) in [6, 6.07) is 152. The number of aromatic nitrogens is 2. The largest absolute Gasteiger partial charge is 0.331 e. The molecule has 1 aliphatic heterocycles. The fourth-order valence-electron chi connectivity index (χ4n) is 21.2. The van der Waals surface area contributed by atoms with Crippen molar-refractivity contribution in [1.29, 1.82) is 0 Å². The normalized spacial score (nSPS) is 15.5. The minimum atomic E-state index is -0.618. The summed E-state index contributed by atoms with van der Waals surface area (Å²) >= 11 is 0. The summed E-state index contributed by atoms with van der Waals surface area (Å²) < 4.78 is 4.90. The van der Waals surface area contributed by atoms with Gasteiger partial charge in [0.2, 0.25) is 0 Å². The van der Waals surface area contributed by atoms with Crippen molar-refractivity contribution in [2.24, 2.45) is 5.92 Å². The van der Waals surface area contributed by atoms with Gasteiger partial charge in [0.25, 0.3) is 0 Å². The van der Waals surface area contributed by atoms with Gasteiger partial charge in [-0.3, -0.25) is 0 Å². The van der Waals surface area contributed by atoms with Crippen LogP contribution < -0.4 is 19.6 Å². The first-order valence-corrected chi connectivity index (χ1v) is 43.1. The maximum Gasteiger partial charge on any atom is 0.0726 e. The Bertz CT molecular complexity index is 7520. The van der Waals surface area contributed by atoms with Crippen LogP contribution in [0.3, 0.4) is 0 Å². The molecule has 123 heavy (non-hydrogen) atoms. The van der Waals surface area contributed by atoms with Crippen LogP contribution in [0.15, 0.2) is 443 Å². The predicted molar refractivity (Wildman–Crippen MR) is 516 cm³/mol. The highest BCUT2D eigenvalue weighted by molar-refractivity contribution is 6.14. The van der Waals surface area contributed by atoms with E-state index in [2.05, 4.69) is 485 Å². The van der Waals surface area contributed by atoms with Gasteiger partial charge in [-0.1, -0.05) is 280 Å². The fraction of sp³-hybridized carbons (Fsp3) is 0.0598. The summed E-state index contributed by atoms with van der Waals surface area (Å²) in [5, 5.41) is 4.83. The third-order valence-electron chi connectivity index (χ3n) is 26.7. The van der Waals surface area contributed by atoms with Gasteiger partial charge < -0.3 is 28.7 Å². The molecule has 2 atom stereocenters. The van der Waals surface area contributed by atoms with E-state index in [1.807, 2.05) is 0 Å². The van der Waals surface area contributed by atoms with Crippen molar-refractivity contribution in [3.63, 3.8) is 0 Å². The van der Waals surface area contributed by atoms with Crippen molar-refractivity contribution in [1.82, 2.24) is 9.13 Å². The van der Waals surface area contributed by atoms with Gasteiger partial charge in [0.15, 0.2) is 0 Å². The number of benzene rings is 17. The molecule has 4 aliphatic carbocycles. The highest BCUT2D eigenvalue weighted by atomic mass is 15.2. The van der Waals surface area contributed by atoms with Gasteiger partial charge in [-0.25, -0.2) is 0 Å².